The molecule has 19 heavy (non-hydrogen) atoms. The van der Waals surface area contributed by atoms with Crippen LogP contribution in [0.2, 0.25) is 0 Å². The highest BCUT2D eigenvalue weighted by atomic mass is 32.2. The summed E-state index contributed by atoms with van der Waals surface area (Å²) < 4.78 is 3.77. The van der Waals surface area contributed by atoms with Crippen LogP contribution in [0.3, 0.4) is 0 Å². The molecule has 1 aromatic carbocycles. The molecule has 0 saturated heterocycles. The van der Waals surface area contributed by atoms with Crippen molar-refractivity contribution in [2.75, 3.05) is 6.26 Å². The van der Waals surface area contributed by atoms with Gasteiger partial charge in [0.15, 0.2) is 0 Å². The second-order valence-corrected chi connectivity index (χ2v) is 4.89. The van der Waals surface area contributed by atoms with E-state index in [1.54, 1.807) is 11.0 Å². The Balaban J connectivity index is 2.02. The van der Waals surface area contributed by atoms with Crippen LogP contribution in [0.4, 0.5) is 0 Å². The van der Waals surface area contributed by atoms with E-state index in [0.717, 1.165) is 10.7 Å². The Morgan fingerprint density at radius 2 is 2.16 bits per heavy atom. The minimum absolute atomic E-state index is 0.775. The Bertz CT molecular complexity index is 740. The smallest absolute Gasteiger partial charge is 0.211 e. The second kappa shape index (κ2) is 4.89. The standard InChI is InChI=1S/C13H13N5S/c1-17-8-10(11-5-3-4-6-12(11)17)7-15-18-9-14-16-13(18)19-2/h3-9H,1-2H3/b15-7-. The number of hydrogen-bond donors (Lipinski definition) is 0. The van der Waals surface area contributed by atoms with Crippen molar-refractivity contribution in [3.8, 4) is 0 Å². The molecule has 0 spiro atoms. The quantitative estimate of drug-likeness (QED) is 0.543. The number of para-hydroxylation sites is 1. The van der Waals surface area contributed by atoms with E-state index in [4.69, 9.17) is 0 Å². The fourth-order valence-corrected chi connectivity index (χ4v) is 2.44. The van der Waals surface area contributed by atoms with Gasteiger partial charge in [-0.05, 0) is 12.3 Å². The molecule has 0 radical (unpaired) electrons. The molecule has 0 N–H and O–H groups in total. The van der Waals surface area contributed by atoms with Gasteiger partial charge in [-0.1, -0.05) is 30.0 Å². The number of aromatic nitrogens is 4. The zero-order valence-electron chi connectivity index (χ0n) is 10.7. The van der Waals surface area contributed by atoms with Gasteiger partial charge in [-0.3, -0.25) is 0 Å². The third-order valence-corrected chi connectivity index (χ3v) is 3.57. The SMILES string of the molecule is CSc1nncn1/N=C\c1cn(C)c2ccccc12. The molecule has 0 aliphatic rings. The van der Waals surface area contributed by atoms with Gasteiger partial charge < -0.3 is 4.57 Å². The normalized spacial score (nSPS) is 11.7. The highest BCUT2D eigenvalue weighted by Crippen LogP contribution is 2.19. The number of aryl methyl sites for hydroxylation is 1. The van der Waals surface area contributed by atoms with Crippen molar-refractivity contribution in [1.29, 1.82) is 0 Å². The summed E-state index contributed by atoms with van der Waals surface area (Å²) in [6, 6.07) is 8.26. The summed E-state index contributed by atoms with van der Waals surface area (Å²) >= 11 is 1.52. The summed E-state index contributed by atoms with van der Waals surface area (Å²) in [7, 11) is 2.03. The molecular weight excluding hydrogens is 258 g/mol. The molecule has 0 atom stereocenters. The van der Waals surface area contributed by atoms with Crippen LogP contribution in [0, 0.1) is 0 Å². The van der Waals surface area contributed by atoms with E-state index >= 15 is 0 Å². The average molecular weight is 271 g/mol. The van der Waals surface area contributed by atoms with Gasteiger partial charge in [0.2, 0.25) is 5.16 Å². The summed E-state index contributed by atoms with van der Waals surface area (Å²) in [5.74, 6) is 0. The lowest BCUT2D eigenvalue weighted by Crippen LogP contribution is -1.90. The topological polar surface area (TPSA) is 48.0 Å². The third kappa shape index (κ3) is 2.15. The van der Waals surface area contributed by atoms with Gasteiger partial charge in [0.05, 0.1) is 6.21 Å². The van der Waals surface area contributed by atoms with Gasteiger partial charge in [-0.2, -0.15) is 9.78 Å². The first-order valence-electron chi connectivity index (χ1n) is 5.82. The maximum Gasteiger partial charge on any atom is 0.211 e. The number of thioether (sulfide) groups is 1. The highest BCUT2D eigenvalue weighted by Gasteiger charge is 2.04. The predicted molar refractivity (Wildman–Crippen MR) is 77.7 cm³/mol. The number of nitrogens with zero attached hydrogens (tertiary/aromatic N) is 5. The van der Waals surface area contributed by atoms with Crippen LogP contribution in [-0.2, 0) is 7.05 Å². The molecule has 2 heterocycles. The molecule has 0 unspecified atom stereocenters. The van der Waals surface area contributed by atoms with Crippen molar-refractivity contribution in [3.63, 3.8) is 0 Å². The van der Waals surface area contributed by atoms with Crippen LogP contribution in [0.1, 0.15) is 5.56 Å². The lowest BCUT2D eigenvalue weighted by molar-refractivity contribution is 0.768. The first-order valence-corrected chi connectivity index (χ1v) is 7.04. The molecule has 0 bridgehead atoms. The molecule has 3 aromatic rings. The Kier molecular flexibility index (Phi) is 3.08. The van der Waals surface area contributed by atoms with Crippen LogP contribution in [-0.4, -0.2) is 31.9 Å². The molecule has 96 valence electrons. The largest absolute Gasteiger partial charge is 0.350 e. The Morgan fingerprint density at radius 1 is 1.32 bits per heavy atom. The predicted octanol–water partition coefficient (Wildman–Crippen LogP) is 2.37. The molecule has 2 aromatic heterocycles. The van der Waals surface area contributed by atoms with Crippen LogP contribution in [0.25, 0.3) is 10.9 Å². The van der Waals surface area contributed by atoms with Crippen molar-refractivity contribution in [3.05, 3.63) is 42.4 Å². The van der Waals surface area contributed by atoms with Crippen LogP contribution < -0.4 is 0 Å². The molecule has 0 fully saturated rings. The molecule has 0 aliphatic heterocycles. The van der Waals surface area contributed by atoms with E-state index in [0.29, 0.717) is 0 Å². The van der Waals surface area contributed by atoms with Crippen molar-refractivity contribution in [2.45, 2.75) is 5.16 Å². The van der Waals surface area contributed by atoms with Gasteiger partial charge in [-0.25, -0.2) is 0 Å². The zero-order chi connectivity index (χ0) is 13.2. The van der Waals surface area contributed by atoms with Crippen molar-refractivity contribution >= 4 is 28.9 Å². The van der Waals surface area contributed by atoms with E-state index < -0.39 is 0 Å². The van der Waals surface area contributed by atoms with E-state index in [9.17, 15) is 0 Å². The maximum atomic E-state index is 4.40. The summed E-state index contributed by atoms with van der Waals surface area (Å²) in [5, 5.41) is 14.2. The first kappa shape index (κ1) is 12.0. The summed E-state index contributed by atoms with van der Waals surface area (Å²) in [4.78, 5) is 0. The van der Waals surface area contributed by atoms with E-state index in [-0.39, 0.29) is 0 Å². The molecular formula is C13H13N5S. The van der Waals surface area contributed by atoms with Crippen molar-refractivity contribution in [1.82, 2.24) is 19.4 Å². The maximum absolute atomic E-state index is 4.40. The fourth-order valence-electron chi connectivity index (χ4n) is 2.03. The van der Waals surface area contributed by atoms with Crippen LogP contribution in [0.5, 0.6) is 0 Å². The first-order chi connectivity index (χ1) is 9.29. The van der Waals surface area contributed by atoms with Gasteiger partial charge in [0.25, 0.3) is 0 Å². The van der Waals surface area contributed by atoms with Gasteiger partial charge in [0, 0.05) is 29.7 Å². The number of rotatable bonds is 3. The summed E-state index contributed by atoms with van der Waals surface area (Å²) in [6.07, 6.45) is 7.46. The molecule has 0 amide bonds. The minimum atomic E-state index is 0.775. The lowest BCUT2D eigenvalue weighted by atomic mass is 10.2. The zero-order valence-corrected chi connectivity index (χ0v) is 11.5. The Labute approximate surface area is 114 Å². The molecule has 0 saturated carbocycles. The molecule has 5 nitrogen and oxygen atoms in total. The van der Waals surface area contributed by atoms with Gasteiger partial charge in [-0.15, -0.1) is 10.2 Å². The Hall–Kier alpha value is -2.08. The lowest BCUT2D eigenvalue weighted by Gasteiger charge is -1.95. The van der Waals surface area contributed by atoms with Gasteiger partial charge in [0.1, 0.15) is 6.33 Å². The van der Waals surface area contributed by atoms with Crippen molar-refractivity contribution < 1.29 is 0 Å². The third-order valence-electron chi connectivity index (χ3n) is 2.93. The molecule has 6 heteroatoms. The highest BCUT2D eigenvalue weighted by molar-refractivity contribution is 7.98. The molecule has 0 aliphatic carbocycles. The van der Waals surface area contributed by atoms with Crippen LogP contribution in [0.15, 0.2) is 47.0 Å². The number of benzene rings is 1. The van der Waals surface area contributed by atoms with E-state index in [1.165, 1.54) is 22.7 Å². The Morgan fingerprint density at radius 3 is 3.00 bits per heavy atom. The second-order valence-electron chi connectivity index (χ2n) is 4.12. The number of fused-ring (bicyclic) bond motifs is 1. The van der Waals surface area contributed by atoms with Crippen LogP contribution >= 0.6 is 11.8 Å². The fraction of sp³-hybridized carbons (Fsp3) is 0.154. The van der Waals surface area contributed by atoms with Gasteiger partial charge >= 0.3 is 0 Å². The summed E-state index contributed by atoms with van der Waals surface area (Å²) in [5.41, 5.74) is 2.27. The minimum Gasteiger partial charge on any atom is -0.350 e. The van der Waals surface area contributed by atoms with E-state index in [2.05, 4.69) is 38.2 Å². The number of hydrogen-bond acceptors (Lipinski definition) is 4. The van der Waals surface area contributed by atoms with E-state index in [1.807, 2.05) is 31.7 Å². The van der Waals surface area contributed by atoms with Crippen molar-refractivity contribution in [2.24, 2.45) is 12.1 Å². The molecule has 3 rings (SSSR count). The summed E-state index contributed by atoms with van der Waals surface area (Å²) in [6.45, 7) is 0. The monoisotopic (exact) mass is 271 g/mol. The average Bonchev–Trinajstić information content (AvgIpc) is 3.02.